The smallest absolute Gasteiger partial charge is 0.254 e. The Morgan fingerprint density at radius 3 is 2.59 bits per heavy atom. The number of halogens is 1. The lowest BCUT2D eigenvalue weighted by molar-refractivity contribution is -0.117. The zero-order valence-electron chi connectivity index (χ0n) is 17.7. The van der Waals surface area contributed by atoms with Crippen molar-refractivity contribution in [1.82, 2.24) is 23.8 Å². The number of rotatable bonds is 3. The number of carbonyl (C=O) groups excluding carboxylic acids is 2. The van der Waals surface area contributed by atoms with E-state index < -0.39 is 5.82 Å². The Bertz CT molecular complexity index is 1210. The van der Waals surface area contributed by atoms with Crippen LogP contribution in [-0.2, 0) is 11.3 Å². The average Bonchev–Trinajstić information content (AvgIpc) is 3.45. The van der Waals surface area contributed by atoms with E-state index in [1.165, 1.54) is 35.8 Å². The Labute approximate surface area is 187 Å². The monoisotopic (exact) mass is 455 g/mol. The minimum Gasteiger partial charge on any atom is -0.328 e. The van der Waals surface area contributed by atoms with Crippen molar-refractivity contribution in [3.8, 4) is 10.8 Å². The molecule has 2 aliphatic rings. The van der Waals surface area contributed by atoms with Gasteiger partial charge in [0.05, 0.1) is 11.7 Å². The summed E-state index contributed by atoms with van der Waals surface area (Å²) in [6.07, 6.45) is 0.256. The minimum absolute atomic E-state index is 0.0902. The molecule has 0 bridgehead atoms. The molecule has 0 saturated carbocycles. The van der Waals surface area contributed by atoms with E-state index in [0.29, 0.717) is 47.7 Å². The summed E-state index contributed by atoms with van der Waals surface area (Å²) in [7, 11) is 0. The van der Waals surface area contributed by atoms with Crippen LogP contribution >= 0.6 is 11.5 Å². The number of imidazole rings is 1. The summed E-state index contributed by atoms with van der Waals surface area (Å²) < 4.78 is 19.6. The normalized spacial score (nSPS) is 20.7. The summed E-state index contributed by atoms with van der Waals surface area (Å²) in [5.41, 5.74) is 7.21. The van der Waals surface area contributed by atoms with E-state index in [2.05, 4.69) is 9.36 Å². The van der Waals surface area contributed by atoms with Gasteiger partial charge in [0.2, 0.25) is 5.91 Å². The molecule has 11 heteroatoms. The van der Waals surface area contributed by atoms with Gasteiger partial charge in [0.15, 0.2) is 16.6 Å². The van der Waals surface area contributed by atoms with Gasteiger partial charge in [-0.05, 0) is 49.6 Å². The maximum atomic E-state index is 13.3. The van der Waals surface area contributed by atoms with Gasteiger partial charge >= 0.3 is 0 Å². The molecular formula is C21H22FN7O2S. The second-order valence-corrected chi connectivity index (χ2v) is 8.84. The molecule has 0 radical (unpaired) electrons. The quantitative estimate of drug-likeness (QED) is 0.648. The molecule has 2 aliphatic heterocycles. The van der Waals surface area contributed by atoms with E-state index in [4.69, 9.17) is 10.7 Å². The molecule has 5 rings (SSSR count). The highest BCUT2D eigenvalue weighted by molar-refractivity contribution is 7.09. The minimum atomic E-state index is -0.394. The molecule has 9 nitrogen and oxygen atoms in total. The molecule has 1 fully saturated rings. The van der Waals surface area contributed by atoms with Gasteiger partial charge in [-0.25, -0.2) is 14.4 Å². The lowest BCUT2D eigenvalue weighted by Crippen LogP contribution is -2.42. The maximum absolute atomic E-state index is 13.3. The molecule has 32 heavy (non-hydrogen) atoms. The summed E-state index contributed by atoms with van der Waals surface area (Å²) in [5, 5.41) is 0.663. The Morgan fingerprint density at radius 1 is 1.22 bits per heavy atom. The molecule has 1 aromatic carbocycles. The molecule has 2 aromatic heterocycles. The van der Waals surface area contributed by atoms with Crippen molar-refractivity contribution in [2.24, 2.45) is 5.73 Å². The average molecular weight is 456 g/mol. The van der Waals surface area contributed by atoms with Crippen LogP contribution in [0.2, 0.25) is 0 Å². The number of anilines is 1. The molecule has 2 amide bonds. The van der Waals surface area contributed by atoms with Crippen LogP contribution in [0.5, 0.6) is 0 Å². The van der Waals surface area contributed by atoms with Crippen molar-refractivity contribution in [2.75, 3.05) is 18.0 Å². The van der Waals surface area contributed by atoms with Gasteiger partial charge in [-0.2, -0.15) is 4.37 Å². The number of aryl methyl sites for hydroxylation is 1. The number of benzene rings is 1. The predicted molar refractivity (Wildman–Crippen MR) is 117 cm³/mol. The first-order valence-electron chi connectivity index (χ1n) is 10.4. The van der Waals surface area contributed by atoms with Crippen molar-refractivity contribution in [1.29, 1.82) is 0 Å². The summed E-state index contributed by atoms with van der Waals surface area (Å²) in [6, 6.07) is 4.89. The van der Waals surface area contributed by atoms with Gasteiger partial charge in [-0.1, -0.05) is 0 Å². The number of nitrogens with zero attached hydrogens (tertiary/aromatic N) is 6. The molecule has 1 saturated heterocycles. The molecule has 0 unspecified atom stereocenters. The van der Waals surface area contributed by atoms with E-state index >= 15 is 0 Å². The largest absolute Gasteiger partial charge is 0.328 e. The number of fused-ring (bicyclic) bond motifs is 1. The Morgan fingerprint density at radius 2 is 1.97 bits per heavy atom. The van der Waals surface area contributed by atoms with Crippen molar-refractivity contribution >= 4 is 29.2 Å². The number of hydrogen-bond donors (Lipinski definition) is 1. The predicted octanol–water partition coefficient (Wildman–Crippen LogP) is 2.13. The van der Waals surface area contributed by atoms with Crippen molar-refractivity contribution < 1.29 is 14.0 Å². The first kappa shape index (κ1) is 20.7. The van der Waals surface area contributed by atoms with Crippen LogP contribution in [0, 0.1) is 12.7 Å². The van der Waals surface area contributed by atoms with Crippen molar-refractivity contribution in [2.45, 2.75) is 38.9 Å². The van der Waals surface area contributed by atoms with Crippen LogP contribution in [0.3, 0.4) is 0 Å². The Balaban J connectivity index is 1.58. The van der Waals surface area contributed by atoms with Crippen LogP contribution in [0.4, 0.5) is 10.2 Å². The fraction of sp³-hybridized carbons (Fsp3) is 0.381. The molecule has 0 spiro atoms. The van der Waals surface area contributed by atoms with E-state index in [1.54, 1.807) is 9.80 Å². The van der Waals surface area contributed by atoms with Crippen molar-refractivity contribution in [3.63, 3.8) is 0 Å². The van der Waals surface area contributed by atoms with Crippen LogP contribution in [0.15, 0.2) is 24.3 Å². The molecule has 0 aliphatic carbocycles. The SMILES string of the molecule is Cc1nsc(-c2nc(N3C[C@H](N)CC3=O)c3n2CCN(C(=O)c2ccc(F)cc2)[C@@H]3C)n1. The molecule has 3 aromatic rings. The summed E-state index contributed by atoms with van der Waals surface area (Å²) in [6.45, 7) is 5.03. The highest BCUT2D eigenvalue weighted by Crippen LogP contribution is 2.39. The standard InChI is InChI=1S/C21H22FN7O2S/c1-11-17-18(29-10-15(23)9-16(29)30)25-19(20-24-12(2)26-32-20)28(17)8-7-27(11)21(31)13-3-5-14(22)6-4-13/h3-6,11,15H,7-10,23H2,1-2H3/t11-,15-/m1/s1. The number of carbonyl (C=O) groups is 2. The van der Waals surface area contributed by atoms with Gasteiger partial charge in [0.1, 0.15) is 11.6 Å². The van der Waals surface area contributed by atoms with Crippen LogP contribution in [0.25, 0.3) is 10.8 Å². The Kier molecular flexibility index (Phi) is 5.01. The summed E-state index contributed by atoms with van der Waals surface area (Å²) >= 11 is 1.25. The summed E-state index contributed by atoms with van der Waals surface area (Å²) in [5.74, 6) is 1.11. The van der Waals surface area contributed by atoms with Crippen molar-refractivity contribution in [3.05, 3.63) is 47.2 Å². The molecule has 2 N–H and O–H groups in total. The number of hydrogen-bond acceptors (Lipinski definition) is 7. The summed E-state index contributed by atoms with van der Waals surface area (Å²) in [4.78, 5) is 38.5. The second kappa shape index (κ2) is 7.75. The van der Waals surface area contributed by atoms with Gasteiger partial charge in [-0.3, -0.25) is 14.5 Å². The molecule has 4 heterocycles. The number of amides is 2. The highest BCUT2D eigenvalue weighted by atomic mass is 32.1. The second-order valence-electron chi connectivity index (χ2n) is 8.09. The van der Waals surface area contributed by atoms with Gasteiger partial charge in [0, 0.05) is 37.7 Å². The zero-order chi connectivity index (χ0) is 22.6. The van der Waals surface area contributed by atoms with Gasteiger partial charge in [0.25, 0.3) is 5.91 Å². The first-order valence-corrected chi connectivity index (χ1v) is 11.1. The molecular weight excluding hydrogens is 433 g/mol. The van der Waals surface area contributed by atoms with E-state index in [1.807, 2.05) is 18.4 Å². The van der Waals surface area contributed by atoms with E-state index in [0.717, 1.165) is 5.69 Å². The topological polar surface area (TPSA) is 110 Å². The lowest BCUT2D eigenvalue weighted by Gasteiger charge is -2.36. The van der Waals surface area contributed by atoms with Gasteiger partial charge in [-0.15, -0.1) is 0 Å². The first-order chi connectivity index (χ1) is 15.3. The highest BCUT2D eigenvalue weighted by Gasteiger charge is 2.39. The number of nitrogens with two attached hydrogens (primary N) is 1. The van der Waals surface area contributed by atoms with Gasteiger partial charge < -0.3 is 15.2 Å². The maximum Gasteiger partial charge on any atom is 0.254 e. The fourth-order valence-corrected chi connectivity index (χ4v) is 5.04. The van der Waals surface area contributed by atoms with Crippen LogP contribution < -0.4 is 10.6 Å². The molecule has 166 valence electrons. The third kappa shape index (κ3) is 3.37. The number of aromatic nitrogens is 4. The third-order valence-electron chi connectivity index (χ3n) is 5.90. The third-order valence-corrected chi connectivity index (χ3v) is 6.70. The van der Waals surface area contributed by atoms with Crippen LogP contribution in [0.1, 0.15) is 41.3 Å². The Hall–Kier alpha value is -3.18. The lowest BCUT2D eigenvalue weighted by atomic mass is 10.1. The fourth-order valence-electron chi connectivity index (χ4n) is 4.37. The molecule has 2 atom stereocenters. The van der Waals surface area contributed by atoms with E-state index in [-0.39, 0.29) is 30.3 Å². The zero-order valence-corrected chi connectivity index (χ0v) is 18.5. The van der Waals surface area contributed by atoms with Crippen LogP contribution in [-0.4, -0.2) is 54.8 Å². The van der Waals surface area contributed by atoms with E-state index in [9.17, 15) is 14.0 Å².